The molecule has 0 saturated heterocycles. The predicted octanol–water partition coefficient (Wildman–Crippen LogP) is 11.1. The third kappa shape index (κ3) is 7.96. The molecule has 0 radical (unpaired) electrons. The molecule has 0 bridgehead atoms. The van der Waals surface area contributed by atoms with Gasteiger partial charge in [-0.2, -0.15) is 19.9 Å². The van der Waals surface area contributed by atoms with Crippen LogP contribution in [0.2, 0.25) is 10.6 Å². The zero-order valence-electron chi connectivity index (χ0n) is 26.6. The third-order valence-electron chi connectivity index (χ3n) is 7.74. The molecule has 2 aromatic heterocycles. The highest BCUT2D eigenvalue weighted by Crippen LogP contribution is 2.28. The van der Waals surface area contributed by atoms with E-state index in [2.05, 4.69) is 78.4 Å². The third-order valence-corrected chi connectivity index (χ3v) is 8.07. The lowest BCUT2D eigenvalue weighted by Crippen LogP contribution is -1.97. The maximum Gasteiger partial charge on any atom is 0.226 e. The highest BCUT2D eigenvalue weighted by atomic mass is 35.5. The van der Waals surface area contributed by atoms with Crippen LogP contribution in [0.3, 0.4) is 0 Å². The quantitative estimate of drug-likeness (QED) is 0.173. The Bertz CT molecular complexity index is 2170. The van der Waals surface area contributed by atoms with E-state index in [1.54, 1.807) is 0 Å². The van der Waals surface area contributed by atoms with Crippen LogP contribution >= 0.6 is 23.2 Å². The molecule has 0 fully saturated rings. The Morgan fingerprint density at radius 3 is 0.840 bits per heavy atom. The zero-order valence-corrected chi connectivity index (χ0v) is 28.1. The van der Waals surface area contributed by atoms with E-state index in [1.807, 2.05) is 121 Å². The molecule has 0 aliphatic rings. The largest absolute Gasteiger partial charge is 0.226 e. The smallest absolute Gasteiger partial charge is 0.208 e. The summed E-state index contributed by atoms with van der Waals surface area (Å²) in [6.45, 7) is 0. The molecule has 2 heterocycles. The summed E-state index contributed by atoms with van der Waals surface area (Å²) in [6.07, 6.45) is 0. The first-order chi connectivity index (χ1) is 24.6. The van der Waals surface area contributed by atoms with Gasteiger partial charge in [-0.15, -0.1) is 0 Å². The molecule has 0 aliphatic carbocycles. The standard InChI is InChI=1S/2C21H14ClN3/c2*22-21-24-19(16-10-5-2-6-11-16)23-20(25-21)18-13-7-12-17(14-18)15-8-3-1-4-9-15/h2*1-14H. The van der Waals surface area contributed by atoms with Gasteiger partial charge in [0, 0.05) is 22.3 Å². The summed E-state index contributed by atoms with van der Waals surface area (Å²) >= 11 is 12.3. The van der Waals surface area contributed by atoms with E-state index in [9.17, 15) is 0 Å². The van der Waals surface area contributed by atoms with Crippen LogP contribution in [0.25, 0.3) is 67.8 Å². The topological polar surface area (TPSA) is 77.3 Å². The summed E-state index contributed by atoms with van der Waals surface area (Å²) in [6, 6.07) is 56.2. The van der Waals surface area contributed by atoms with Crippen LogP contribution < -0.4 is 0 Å². The summed E-state index contributed by atoms with van der Waals surface area (Å²) < 4.78 is 0. The summed E-state index contributed by atoms with van der Waals surface area (Å²) in [4.78, 5) is 26.3. The second-order valence-corrected chi connectivity index (χ2v) is 11.8. The molecule has 240 valence electrons. The van der Waals surface area contributed by atoms with Gasteiger partial charge in [-0.3, -0.25) is 0 Å². The summed E-state index contributed by atoms with van der Waals surface area (Å²) in [5.41, 5.74) is 8.14. The SMILES string of the molecule is Clc1nc(-c2ccccc2)nc(-c2cccc(-c3ccccc3)c2)n1.Clc1nc(-c2ccccc2)nc(-c2cccc(-c3ccccc3)c2)n1. The number of halogens is 2. The van der Waals surface area contributed by atoms with Gasteiger partial charge in [0.25, 0.3) is 0 Å². The summed E-state index contributed by atoms with van der Waals surface area (Å²) in [7, 11) is 0. The van der Waals surface area contributed by atoms with Gasteiger partial charge in [0.2, 0.25) is 10.6 Å². The molecule has 8 heteroatoms. The van der Waals surface area contributed by atoms with Crippen molar-refractivity contribution in [3.8, 4) is 67.8 Å². The van der Waals surface area contributed by atoms with Crippen molar-refractivity contribution >= 4 is 23.2 Å². The lowest BCUT2D eigenvalue weighted by Gasteiger charge is -2.07. The Kier molecular flexibility index (Phi) is 10.0. The van der Waals surface area contributed by atoms with Crippen LogP contribution in [-0.4, -0.2) is 29.9 Å². The van der Waals surface area contributed by atoms with Gasteiger partial charge < -0.3 is 0 Å². The number of rotatable bonds is 6. The highest BCUT2D eigenvalue weighted by Gasteiger charge is 2.12. The van der Waals surface area contributed by atoms with Crippen molar-refractivity contribution < 1.29 is 0 Å². The molecular formula is C42H28Cl2N6. The maximum absolute atomic E-state index is 6.14. The molecular weight excluding hydrogens is 659 g/mol. The monoisotopic (exact) mass is 686 g/mol. The van der Waals surface area contributed by atoms with Crippen LogP contribution in [0.5, 0.6) is 0 Å². The van der Waals surface area contributed by atoms with Crippen LogP contribution in [0, 0.1) is 0 Å². The summed E-state index contributed by atoms with van der Waals surface area (Å²) in [5.74, 6) is 2.27. The fraction of sp³-hybridized carbons (Fsp3) is 0. The van der Waals surface area contributed by atoms with Crippen molar-refractivity contribution in [1.29, 1.82) is 0 Å². The molecule has 6 nitrogen and oxygen atoms in total. The lowest BCUT2D eigenvalue weighted by atomic mass is 10.0. The van der Waals surface area contributed by atoms with E-state index in [1.165, 1.54) is 0 Å². The molecule has 0 N–H and O–H groups in total. The van der Waals surface area contributed by atoms with Crippen LogP contribution in [0.4, 0.5) is 0 Å². The van der Waals surface area contributed by atoms with Crippen molar-refractivity contribution in [1.82, 2.24) is 29.9 Å². The molecule has 50 heavy (non-hydrogen) atoms. The van der Waals surface area contributed by atoms with E-state index >= 15 is 0 Å². The fourth-order valence-electron chi connectivity index (χ4n) is 5.33. The van der Waals surface area contributed by atoms with E-state index < -0.39 is 0 Å². The molecule has 8 rings (SSSR count). The number of aromatic nitrogens is 6. The Labute approximate surface area is 300 Å². The van der Waals surface area contributed by atoms with Gasteiger partial charge in [-0.25, -0.2) is 9.97 Å². The van der Waals surface area contributed by atoms with Crippen LogP contribution in [-0.2, 0) is 0 Å². The Morgan fingerprint density at radius 2 is 0.500 bits per heavy atom. The van der Waals surface area contributed by atoms with Gasteiger partial charge in [0.05, 0.1) is 0 Å². The summed E-state index contributed by atoms with van der Waals surface area (Å²) in [5, 5.41) is 0.378. The number of nitrogens with zero attached hydrogens (tertiary/aromatic N) is 6. The van der Waals surface area contributed by atoms with Crippen molar-refractivity contribution in [2.75, 3.05) is 0 Å². The van der Waals surface area contributed by atoms with Gasteiger partial charge >= 0.3 is 0 Å². The van der Waals surface area contributed by atoms with E-state index in [0.29, 0.717) is 23.3 Å². The van der Waals surface area contributed by atoms with Crippen LogP contribution in [0.15, 0.2) is 170 Å². The molecule has 0 aliphatic heterocycles. The van der Waals surface area contributed by atoms with Crippen molar-refractivity contribution in [3.63, 3.8) is 0 Å². The number of hydrogen-bond donors (Lipinski definition) is 0. The molecule has 0 unspecified atom stereocenters. The zero-order chi connectivity index (χ0) is 34.1. The minimum absolute atomic E-state index is 0.189. The van der Waals surface area contributed by atoms with Crippen molar-refractivity contribution in [3.05, 3.63) is 180 Å². The van der Waals surface area contributed by atoms with Gasteiger partial charge in [0.15, 0.2) is 23.3 Å². The Balaban J connectivity index is 0.000000157. The molecule has 0 amide bonds. The Morgan fingerprint density at radius 1 is 0.240 bits per heavy atom. The first kappa shape index (κ1) is 32.5. The second-order valence-electron chi connectivity index (χ2n) is 11.1. The van der Waals surface area contributed by atoms with Gasteiger partial charge in [0.1, 0.15) is 0 Å². The van der Waals surface area contributed by atoms with E-state index in [4.69, 9.17) is 23.2 Å². The first-order valence-electron chi connectivity index (χ1n) is 15.8. The van der Waals surface area contributed by atoms with E-state index in [-0.39, 0.29) is 10.6 Å². The predicted molar refractivity (Wildman–Crippen MR) is 202 cm³/mol. The molecule has 6 aromatic carbocycles. The molecule has 0 atom stereocenters. The van der Waals surface area contributed by atoms with Crippen LogP contribution in [0.1, 0.15) is 0 Å². The minimum Gasteiger partial charge on any atom is -0.208 e. The first-order valence-corrected chi connectivity index (χ1v) is 16.6. The lowest BCUT2D eigenvalue weighted by molar-refractivity contribution is 1.07. The minimum atomic E-state index is 0.189. The molecule has 0 saturated carbocycles. The number of benzene rings is 6. The van der Waals surface area contributed by atoms with Crippen molar-refractivity contribution in [2.45, 2.75) is 0 Å². The van der Waals surface area contributed by atoms with Gasteiger partial charge in [-0.05, 0) is 57.6 Å². The molecule has 0 spiro atoms. The average molecular weight is 688 g/mol. The molecule has 8 aromatic rings. The average Bonchev–Trinajstić information content (AvgIpc) is 3.19. The van der Waals surface area contributed by atoms with Crippen molar-refractivity contribution in [2.24, 2.45) is 0 Å². The maximum atomic E-state index is 6.14. The highest BCUT2D eigenvalue weighted by molar-refractivity contribution is 6.28. The fourth-order valence-corrected chi connectivity index (χ4v) is 5.65. The second kappa shape index (κ2) is 15.4. The number of hydrogen-bond acceptors (Lipinski definition) is 6. The normalized spacial score (nSPS) is 10.6. The van der Waals surface area contributed by atoms with Gasteiger partial charge in [-0.1, -0.05) is 158 Å². The van der Waals surface area contributed by atoms with E-state index in [0.717, 1.165) is 44.5 Å². The Hall–Kier alpha value is -6.08.